The van der Waals surface area contributed by atoms with Gasteiger partial charge in [-0.05, 0) is 59.4 Å². The van der Waals surface area contributed by atoms with E-state index >= 15 is 0 Å². The number of hydrogen-bond donors (Lipinski definition) is 5. The van der Waals surface area contributed by atoms with Crippen LogP contribution in [0.15, 0.2) is 66.7 Å². The second-order valence-corrected chi connectivity index (χ2v) is 11.8. The molecule has 0 spiro atoms. The third kappa shape index (κ3) is 6.69. The third-order valence-corrected chi connectivity index (χ3v) is 8.41. The van der Waals surface area contributed by atoms with Crippen LogP contribution < -0.4 is 10.2 Å². The number of nitrogens with zero attached hydrogens (tertiary/aromatic N) is 1. The molecule has 0 saturated carbocycles. The van der Waals surface area contributed by atoms with Crippen molar-refractivity contribution < 1.29 is 32.9 Å². The lowest BCUT2D eigenvalue weighted by Gasteiger charge is -2.42. The van der Waals surface area contributed by atoms with E-state index in [0.717, 1.165) is 46.2 Å². The quantitative estimate of drug-likeness (QED) is 0.240. The molecular formula is C28H32F2N2O5S. The Labute approximate surface area is 222 Å². The number of rotatable bonds is 9. The highest BCUT2D eigenvalue weighted by atomic mass is 32.3. The molecule has 38 heavy (non-hydrogen) atoms. The van der Waals surface area contributed by atoms with E-state index in [1.165, 1.54) is 0 Å². The first-order chi connectivity index (χ1) is 18.1. The maximum atomic E-state index is 13.9. The fourth-order valence-corrected chi connectivity index (χ4v) is 6.66. The van der Waals surface area contributed by atoms with Gasteiger partial charge in [-0.15, -0.1) is 0 Å². The number of aliphatic hydroxyl groups excluding tert-OH is 1. The third-order valence-electron chi connectivity index (χ3n) is 6.77. The van der Waals surface area contributed by atoms with Crippen LogP contribution in [0, 0.1) is 11.6 Å². The molecule has 0 aliphatic carbocycles. The van der Waals surface area contributed by atoms with Crippen LogP contribution in [0.3, 0.4) is 0 Å². The summed E-state index contributed by atoms with van der Waals surface area (Å²) in [7, 11) is -2.90. The van der Waals surface area contributed by atoms with Gasteiger partial charge in [0, 0.05) is 18.3 Å². The number of carbonyl (C=O) groups is 1. The number of nitrogens with one attached hydrogen (secondary N) is 1. The van der Waals surface area contributed by atoms with Gasteiger partial charge in [-0.3, -0.25) is 14.0 Å². The fraction of sp³-hybridized carbons (Fsp3) is 0.321. The van der Waals surface area contributed by atoms with Crippen molar-refractivity contribution in [3.8, 4) is 0 Å². The molecule has 0 bridgehead atoms. The highest BCUT2D eigenvalue weighted by molar-refractivity contribution is 8.23. The normalized spacial score (nSPS) is 18.7. The van der Waals surface area contributed by atoms with Gasteiger partial charge >= 0.3 is 6.09 Å². The van der Waals surface area contributed by atoms with Gasteiger partial charge in [-0.1, -0.05) is 43.3 Å². The van der Waals surface area contributed by atoms with E-state index in [1.807, 2.05) is 25.1 Å². The lowest BCUT2D eigenvalue weighted by atomic mass is 9.96. The van der Waals surface area contributed by atoms with Crippen molar-refractivity contribution in [2.24, 2.45) is 0 Å². The van der Waals surface area contributed by atoms with E-state index in [2.05, 4.69) is 5.32 Å². The average molecular weight is 547 g/mol. The molecule has 1 aliphatic rings. The summed E-state index contributed by atoms with van der Waals surface area (Å²) in [5.41, 5.74) is 3.29. The number of para-hydroxylation sites is 1. The van der Waals surface area contributed by atoms with Gasteiger partial charge in [0.05, 0.1) is 29.7 Å². The summed E-state index contributed by atoms with van der Waals surface area (Å²) in [4.78, 5) is 13.4. The number of anilines is 1. The van der Waals surface area contributed by atoms with Crippen molar-refractivity contribution in [3.63, 3.8) is 0 Å². The molecule has 0 aromatic heterocycles. The van der Waals surface area contributed by atoms with Crippen molar-refractivity contribution in [2.45, 2.75) is 43.7 Å². The first kappa shape index (κ1) is 28.0. The number of aliphatic hydroxyl groups is 1. The van der Waals surface area contributed by atoms with Crippen LogP contribution in [0.4, 0.5) is 19.3 Å². The maximum Gasteiger partial charge on any atom is 0.412 e. The van der Waals surface area contributed by atoms with Gasteiger partial charge < -0.3 is 15.5 Å². The Kier molecular flexibility index (Phi) is 8.69. The zero-order chi connectivity index (χ0) is 27.4. The van der Waals surface area contributed by atoms with Crippen LogP contribution in [-0.4, -0.2) is 49.9 Å². The first-order valence-corrected chi connectivity index (χ1v) is 14.2. The predicted molar refractivity (Wildman–Crippen MR) is 145 cm³/mol. The molecule has 0 saturated heterocycles. The summed E-state index contributed by atoms with van der Waals surface area (Å²) >= 11 is 0. The van der Waals surface area contributed by atoms with Crippen molar-refractivity contribution in [1.82, 2.24) is 5.32 Å². The van der Waals surface area contributed by atoms with Crippen molar-refractivity contribution in [1.29, 1.82) is 0 Å². The minimum Gasteiger partial charge on any atom is -0.465 e. The second-order valence-electron chi connectivity index (χ2n) is 9.57. The number of aryl methyl sites for hydroxylation is 1. The molecule has 204 valence electrons. The summed E-state index contributed by atoms with van der Waals surface area (Å²) in [5.74, 6) is -1.39. The van der Waals surface area contributed by atoms with Crippen LogP contribution >= 0.6 is 10.6 Å². The maximum absolute atomic E-state index is 13.9. The lowest BCUT2D eigenvalue weighted by molar-refractivity contribution is 0.128. The average Bonchev–Trinajstić information content (AvgIpc) is 2.85. The number of benzene rings is 3. The summed E-state index contributed by atoms with van der Waals surface area (Å²) in [6, 6.07) is 15.4. The van der Waals surface area contributed by atoms with Gasteiger partial charge in [0.1, 0.15) is 11.6 Å². The fourth-order valence-electron chi connectivity index (χ4n) is 4.95. The second kappa shape index (κ2) is 11.8. The minimum absolute atomic E-state index is 0.0565. The summed E-state index contributed by atoms with van der Waals surface area (Å²) in [5, 5.41) is 24.6. The van der Waals surface area contributed by atoms with E-state index in [0.29, 0.717) is 5.69 Å². The molecule has 0 unspecified atom stereocenters. The Morgan fingerprint density at radius 3 is 2.37 bits per heavy atom. The minimum atomic E-state index is -2.90. The zero-order valence-corrected chi connectivity index (χ0v) is 21.7. The predicted octanol–water partition coefficient (Wildman–Crippen LogP) is 5.58. The Bertz CT molecular complexity index is 1260. The molecule has 3 atom stereocenters. The SMILES string of the molecule is CCc1ccc2c(c1)[C@@H](NC[C@@H](O)[C@H](Cc1cc(F)cc(F)c1)N(C(=O)O)c1ccccc1)CS(O)(O)C2. The Balaban J connectivity index is 1.63. The molecule has 3 aromatic rings. The molecule has 0 radical (unpaired) electrons. The largest absolute Gasteiger partial charge is 0.465 e. The highest BCUT2D eigenvalue weighted by Gasteiger charge is 2.34. The van der Waals surface area contributed by atoms with Crippen LogP contribution in [-0.2, 0) is 18.6 Å². The zero-order valence-electron chi connectivity index (χ0n) is 20.9. The highest BCUT2D eigenvalue weighted by Crippen LogP contribution is 2.50. The number of hydrogen-bond acceptors (Lipinski definition) is 5. The molecule has 4 rings (SSSR count). The topological polar surface area (TPSA) is 113 Å². The Morgan fingerprint density at radius 2 is 1.74 bits per heavy atom. The van der Waals surface area contributed by atoms with Crippen molar-refractivity contribution in [3.05, 3.63) is 101 Å². The molecule has 1 amide bonds. The molecule has 5 N–H and O–H groups in total. The molecule has 3 aromatic carbocycles. The van der Waals surface area contributed by atoms with Gasteiger partial charge in [0.15, 0.2) is 0 Å². The van der Waals surface area contributed by atoms with Crippen molar-refractivity contribution >= 4 is 22.4 Å². The number of amides is 1. The van der Waals surface area contributed by atoms with E-state index < -0.39 is 46.5 Å². The summed E-state index contributed by atoms with van der Waals surface area (Å²) in [6.45, 7) is 1.92. The molecule has 1 heterocycles. The number of fused-ring (bicyclic) bond motifs is 1. The molecule has 1 aliphatic heterocycles. The van der Waals surface area contributed by atoms with Gasteiger partial charge in [0.2, 0.25) is 0 Å². The van der Waals surface area contributed by atoms with E-state index in [1.54, 1.807) is 30.3 Å². The van der Waals surface area contributed by atoms with Crippen LogP contribution in [0.2, 0.25) is 0 Å². The number of halogens is 2. The smallest absolute Gasteiger partial charge is 0.412 e. The Hall–Kier alpha value is -3.02. The van der Waals surface area contributed by atoms with Gasteiger partial charge in [-0.25, -0.2) is 13.6 Å². The van der Waals surface area contributed by atoms with Crippen LogP contribution in [0.1, 0.15) is 35.2 Å². The molecule has 10 heteroatoms. The van der Waals surface area contributed by atoms with Gasteiger partial charge in [0.25, 0.3) is 0 Å². The lowest BCUT2D eigenvalue weighted by Crippen LogP contribution is -2.52. The van der Waals surface area contributed by atoms with Crippen LogP contribution in [0.25, 0.3) is 0 Å². The first-order valence-electron chi connectivity index (χ1n) is 12.3. The number of carboxylic acid groups (broad SMARTS) is 1. The van der Waals surface area contributed by atoms with E-state index in [-0.39, 0.29) is 30.0 Å². The molecule has 7 nitrogen and oxygen atoms in total. The van der Waals surface area contributed by atoms with Gasteiger partial charge in [-0.2, -0.15) is 10.6 Å². The standard InChI is InChI=1S/C28H32F2N2O5S/c1-2-18-8-9-20-16-38(36,37)17-25(24(20)12-18)31-15-27(33)26(13-19-10-21(29)14-22(30)11-19)32(28(34)35)23-6-4-3-5-7-23/h3-12,14,25-27,31,33,36-37H,2,13,15-17H2,1H3,(H,34,35)/t25-,26-,27+/m0/s1. The molecular weight excluding hydrogens is 514 g/mol. The Morgan fingerprint density at radius 1 is 1.05 bits per heavy atom. The van der Waals surface area contributed by atoms with Crippen molar-refractivity contribution in [2.75, 3.05) is 17.2 Å². The van der Waals surface area contributed by atoms with Crippen LogP contribution in [0.5, 0.6) is 0 Å². The molecule has 0 fully saturated rings. The monoisotopic (exact) mass is 546 g/mol. The van der Waals surface area contributed by atoms with E-state index in [9.17, 15) is 32.9 Å². The summed E-state index contributed by atoms with van der Waals surface area (Å²) in [6.07, 6.45) is -1.99. The van der Waals surface area contributed by atoms with E-state index in [4.69, 9.17) is 0 Å². The summed E-state index contributed by atoms with van der Waals surface area (Å²) < 4.78 is 48.9.